The highest BCUT2D eigenvalue weighted by molar-refractivity contribution is 7.89. The molecule has 0 spiro atoms. The second-order valence-electron chi connectivity index (χ2n) is 5.48. The Balaban J connectivity index is 1.84. The molecular formula is C14H17N3O2S. The molecule has 2 aliphatic rings. The van der Waals surface area contributed by atoms with Gasteiger partial charge in [0.2, 0.25) is 10.0 Å². The Morgan fingerprint density at radius 3 is 2.80 bits per heavy atom. The van der Waals surface area contributed by atoms with Crippen molar-refractivity contribution in [3.05, 3.63) is 29.8 Å². The van der Waals surface area contributed by atoms with Crippen molar-refractivity contribution >= 4 is 10.0 Å². The van der Waals surface area contributed by atoms with Crippen molar-refractivity contribution in [2.24, 2.45) is 5.92 Å². The summed E-state index contributed by atoms with van der Waals surface area (Å²) >= 11 is 0. The van der Waals surface area contributed by atoms with Crippen LogP contribution in [0.4, 0.5) is 0 Å². The maximum absolute atomic E-state index is 12.5. The summed E-state index contributed by atoms with van der Waals surface area (Å²) in [5.74, 6) is 0.424. The normalized spacial score (nSPS) is 28.4. The van der Waals surface area contributed by atoms with E-state index in [1.807, 2.05) is 6.07 Å². The Hall–Kier alpha value is -1.42. The van der Waals surface area contributed by atoms with Gasteiger partial charge in [0.15, 0.2) is 0 Å². The van der Waals surface area contributed by atoms with Gasteiger partial charge in [-0.25, -0.2) is 13.1 Å². The van der Waals surface area contributed by atoms with Crippen molar-refractivity contribution in [1.29, 1.82) is 5.26 Å². The summed E-state index contributed by atoms with van der Waals surface area (Å²) in [6.45, 7) is 2.87. The molecule has 0 radical (unpaired) electrons. The number of hydrogen-bond acceptors (Lipinski definition) is 4. The number of sulfonamides is 1. The van der Waals surface area contributed by atoms with E-state index in [1.54, 1.807) is 24.3 Å². The van der Waals surface area contributed by atoms with Crippen molar-refractivity contribution in [3.8, 4) is 6.07 Å². The van der Waals surface area contributed by atoms with Gasteiger partial charge < -0.3 is 4.90 Å². The summed E-state index contributed by atoms with van der Waals surface area (Å²) in [5, 5.41) is 8.81. The lowest BCUT2D eigenvalue weighted by atomic mass is 10.0. The van der Waals surface area contributed by atoms with Gasteiger partial charge >= 0.3 is 0 Å². The molecule has 0 saturated carbocycles. The minimum Gasteiger partial charge on any atom is -0.301 e. The van der Waals surface area contributed by atoms with Gasteiger partial charge in [0, 0.05) is 19.1 Å². The molecular weight excluding hydrogens is 274 g/mol. The number of nitrogens with one attached hydrogen (secondary N) is 1. The van der Waals surface area contributed by atoms with E-state index in [0.717, 1.165) is 26.1 Å². The molecule has 2 saturated heterocycles. The number of benzene rings is 1. The molecule has 2 bridgehead atoms. The van der Waals surface area contributed by atoms with E-state index in [4.69, 9.17) is 5.26 Å². The zero-order valence-electron chi connectivity index (χ0n) is 11.1. The van der Waals surface area contributed by atoms with E-state index in [9.17, 15) is 8.42 Å². The van der Waals surface area contributed by atoms with E-state index in [-0.39, 0.29) is 17.4 Å². The second-order valence-corrected chi connectivity index (χ2v) is 7.16. The van der Waals surface area contributed by atoms with Gasteiger partial charge in [0.05, 0.1) is 17.4 Å². The van der Waals surface area contributed by atoms with Crippen LogP contribution in [0.15, 0.2) is 29.2 Å². The average molecular weight is 291 g/mol. The van der Waals surface area contributed by atoms with Crippen LogP contribution in [0.5, 0.6) is 0 Å². The number of piperidine rings is 1. The third-order valence-corrected chi connectivity index (χ3v) is 5.76. The van der Waals surface area contributed by atoms with Crippen LogP contribution in [0.1, 0.15) is 12.0 Å². The first kappa shape index (κ1) is 13.6. The highest BCUT2D eigenvalue weighted by Crippen LogP contribution is 2.29. The second kappa shape index (κ2) is 5.17. The predicted octanol–water partition coefficient (Wildman–Crippen LogP) is 0.735. The van der Waals surface area contributed by atoms with Gasteiger partial charge in [-0.05, 0) is 30.5 Å². The molecule has 3 rings (SSSR count). The lowest BCUT2D eigenvalue weighted by Crippen LogP contribution is -2.43. The minimum absolute atomic E-state index is 0.00360. The fourth-order valence-corrected chi connectivity index (χ4v) is 4.71. The van der Waals surface area contributed by atoms with Crippen molar-refractivity contribution in [1.82, 2.24) is 9.62 Å². The van der Waals surface area contributed by atoms with E-state index < -0.39 is 10.0 Å². The van der Waals surface area contributed by atoms with Crippen LogP contribution in [-0.4, -0.2) is 39.0 Å². The zero-order chi connectivity index (χ0) is 14.2. The average Bonchev–Trinajstić information content (AvgIpc) is 3.01. The Bertz CT molecular complexity index is 651. The van der Waals surface area contributed by atoms with Crippen LogP contribution in [0.25, 0.3) is 0 Å². The molecule has 3 atom stereocenters. The molecule has 2 aliphatic heterocycles. The molecule has 3 unspecified atom stereocenters. The maximum atomic E-state index is 12.5. The number of hydrogen-bond donors (Lipinski definition) is 1. The third kappa shape index (κ3) is 2.44. The lowest BCUT2D eigenvalue weighted by Gasteiger charge is -2.23. The fourth-order valence-electron chi connectivity index (χ4n) is 3.18. The smallest absolute Gasteiger partial charge is 0.241 e. The number of nitriles is 1. The number of fused-ring (bicyclic) bond motifs is 2. The molecule has 6 heteroatoms. The van der Waals surface area contributed by atoms with Crippen LogP contribution in [-0.2, 0) is 16.4 Å². The molecule has 1 aromatic rings. The van der Waals surface area contributed by atoms with Gasteiger partial charge in [-0.3, -0.25) is 0 Å². The van der Waals surface area contributed by atoms with E-state index in [0.29, 0.717) is 11.5 Å². The lowest BCUT2D eigenvalue weighted by molar-refractivity contribution is 0.335. The highest BCUT2D eigenvalue weighted by atomic mass is 32.2. The first-order valence-corrected chi connectivity index (χ1v) is 8.28. The SMILES string of the molecule is N#CCc1ccccc1S(=O)(=O)NC1CN2CCC1C2. The summed E-state index contributed by atoms with van der Waals surface area (Å²) in [7, 11) is -3.55. The molecule has 0 aromatic heterocycles. The minimum atomic E-state index is -3.55. The predicted molar refractivity (Wildman–Crippen MR) is 74.4 cm³/mol. The van der Waals surface area contributed by atoms with Crippen LogP contribution in [0.2, 0.25) is 0 Å². The molecule has 2 heterocycles. The van der Waals surface area contributed by atoms with Crippen LogP contribution in [0.3, 0.4) is 0 Å². The Morgan fingerprint density at radius 1 is 1.35 bits per heavy atom. The summed E-state index contributed by atoms with van der Waals surface area (Å²) < 4.78 is 27.9. The Morgan fingerprint density at radius 2 is 2.15 bits per heavy atom. The number of rotatable bonds is 4. The summed E-state index contributed by atoms with van der Waals surface area (Å²) in [6, 6.07) is 8.74. The Labute approximate surface area is 119 Å². The molecule has 1 N–H and O–H groups in total. The van der Waals surface area contributed by atoms with Gasteiger partial charge in [-0.15, -0.1) is 0 Å². The van der Waals surface area contributed by atoms with E-state index in [1.165, 1.54) is 0 Å². The third-order valence-electron chi connectivity index (χ3n) is 4.17. The summed E-state index contributed by atoms with van der Waals surface area (Å²) in [6.07, 6.45) is 1.17. The summed E-state index contributed by atoms with van der Waals surface area (Å²) in [5.41, 5.74) is 0.561. The van der Waals surface area contributed by atoms with Gasteiger partial charge in [0.25, 0.3) is 0 Å². The zero-order valence-corrected chi connectivity index (χ0v) is 11.9. The van der Waals surface area contributed by atoms with Gasteiger partial charge in [0.1, 0.15) is 0 Å². The van der Waals surface area contributed by atoms with Crippen LogP contribution >= 0.6 is 0 Å². The fraction of sp³-hybridized carbons (Fsp3) is 0.500. The molecule has 2 fully saturated rings. The molecule has 1 aromatic carbocycles. The Kier molecular flexibility index (Phi) is 3.50. The topological polar surface area (TPSA) is 73.2 Å². The summed E-state index contributed by atoms with van der Waals surface area (Å²) in [4.78, 5) is 2.53. The van der Waals surface area contributed by atoms with Gasteiger partial charge in [-0.1, -0.05) is 18.2 Å². The van der Waals surface area contributed by atoms with E-state index >= 15 is 0 Å². The monoisotopic (exact) mass is 291 g/mol. The molecule has 5 nitrogen and oxygen atoms in total. The van der Waals surface area contributed by atoms with Crippen LogP contribution in [0, 0.1) is 17.2 Å². The molecule has 0 aliphatic carbocycles. The molecule has 106 valence electrons. The van der Waals surface area contributed by atoms with E-state index in [2.05, 4.69) is 9.62 Å². The van der Waals surface area contributed by atoms with Crippen molar-refractivity contribution in [2.45, 2.75) is 23.8 Å². The van der Waals surface area contributed by atoms with Crippen molar-refractivity contribution in [3.63, 3.8) is 0 Å². The first-order valence-electron chi connectivity index (χ1n) is 6.80. The van der Waals surface area contributed by atoms with Crippen molar-refractivity contribution < 1.29 is 8.42 Å². The molecule has 0 amide bonds. The number of nitrogens with zero attached hydrogens (tertiary/aromatic N) is 2. The largest absolute Gasteiger partial charge is 0.301 e. The molecule has 20 heavy (non-hydrogen) atoms. The quantitative estimate of drug-likeness (QED) is 0.888. The van der Waals surface area contributed by atoms with Crippen molar-refractivity contribution in [2.75, 3.05) is 19.6 Å². The van der Waals surface area contributed by atoms with Crippen LogP contribution < -0.4 is 4.72 Å². The first-order chi connectivity index (χ1) is 9.60. The maximum Gasteiger partial charge on any atom is 0.241 e. The highest BCUT2D eigenvalue weighted by Gasteiger charge is 2.40. The standard InChI is InChI=1S/C14H17N3O2S/c15-7-5-11-3-1-2-4-14(11)20(18,19)16-13-10-17-8-6-12(13)9-17/h1-4,12-13,16H,5-6,8-10H2. The van der Waals surface area contributed by atoms with Gasteiger partial charge in [-0.2, -0.15) is 5.26 Å².